The average molecular weight is 813 g/mol. The highest BCUT2D eigenvalue weighted by Gasteiger charge is 2.50. The van der Waals surface area contributed by atoms with Crippen molar-refractivity contribution in [3.05, 3.63) is 95.6 Å². The zero-order valence-electron chi connectivity index (χ0n) is 37.8. The molecule has 1 fully saturated rings. The van der Waals surface area contributed by atoms with Gasteiger partial charge >= 0.3 is 0 Å². The van der Waals surface area contributed by atoms with E-state index in [9.17, 15) is 0 Å². The minimum atomic E-state index is -2.61. The lowest BCUT2D eigenvalue weighted by Gasteiger charge is -2.43. The van der Waals surface area contributed by atoms with Gasteiger partial charge in [0.05, 0.1) is 0 Å². The Labute approximate surface area is 346 Å². The summed E-state index contributed by atoms with van der Waals surface area (Å²) in [4.78, 5) is 0. The van der Waals surface area contributed by atoms with Crippen LogP contribution in [0.3, 0.4) is 0 Å². The molecule has 5 atom stereocenters. The maximum Gasteiger partial charge on any atom is 0.261 e. The van der Waals surface area contributed by atoms with Crippen molar-refractivity contribution in [1.29, 1.82) is 0 Å². The zero-order chi connectivity index (χ0) is 41.5. The first kappa shape index (κ1) is 46.4. The van der Waals surface area contributed by atoms with Crippen LogP contribution in [0.15, 0.2) is 95.6 Å². The van der Waals surface area contributed by atoms with E-state index in [-0.39, 0.29) is 17.2 Å². The van der Waals surface area contributed by atoms with E-state index in [0.29, 0.717) is 41.5 Å². The van der Waals surface area contributed by atoms with Gasteiger partial charge < -0.3 is 18.3 Å². The second-order valence-corrected chi connectivity index (χ2v) is 34.1. The summed E-state index contributed by atoms with van der Waals surface area (Å²) in [6, 6.07) is 21.8. The lowest BCUT2D eigenvalue weighted by atomic mass is 9.81. The first-order valence-corrected chi connectivity index (χ1v) is 29.0. The normalized spacial score (nSPS) is 21.9. The average Bonchev–Trinajstić information content (AvgIpc) is 3.55. The molecule has 7 heteroatoms. The van der Waals surface area contributed by atoms with Crippen LogP contribution in [0.25, 0.3) is 0 Å². The molecule has 308 valence electrons. The SMILES string of the molecule is CC1=CC[C@H]([C@H](C)CO[Si](C(C)C)(C(C)C)C(C)C)C=C1C1OC(/C(C)=C\CCO[Si](c2ccccc2)(c2ccccc2)C(C)(C)C)O[C@@H]1CC#C[Si](C)(C)C. The van der Waals surface area contributed by atoms with E-state index >= 15 is 0 Å². The third-order valence-corrected chi connectivity index (χ3v) is 24.3. The van der Waals surface area contributed by atoms with Crippen LogP contribution in [0.2, 0.25) is 41.3 Å². The largest absolute Gasteiger partial charge is 0.416 e. The summed E-state index contributed by atoms with van der Waals surface area (Å²) in [6.45, 7) is 36.3. The van der Waals surface area contributed by atoms with E-state index in [2.05, 4.69) is 193 Å². The monoisotopic (exact) mass is 813 g/mol. The van der Waals surface area contributed by atoms with E-state index in [1.54, 1.807) is 0 Å². The molecule has 0 bridgehead atoms. The molecule has 0 aromatic heterocycles. The third-order valence-electron chi connectivity index (χ3n) is 12.3. The molecule has 1 aliphatic heterocycles. The zero-order valence-corrected chi connectivity index (χ0v) is 40.8. The number of hydrogen-bond acceptors (Lipinski definition) is 4. The second-order valence-electron chi connectivity index (χ2n) is 19.6. The van der Waals surface area contributed by atoms with Gasteiger partial charge in [-0.1, -0.05) is 168 Å². The van der Waals surface area contributed by atoms with Gasteiger partial charge in [-0.2, -0.15) is 0 Å². The Morgan fingerprint density at radius 3 is 1.89 bits per heavy atom. The van der Waals surface area contributed by atoms with E-state index in [1.165, 1.54) is 21.5 Å². The third kappa shape index (κ3) is 10.8. The summed E-state index contributed by atoms with van der Waals surface area (Å²) in [5, 5.41) is 2.54. The van der Waals surface area contributed by atoms with Crippen LogP contribution in [0, 0.1) is 23.3 Å². The molecule has 2 aromatic rings. The Morgan fingerprint density at radius 2 is 1.39 bits per heavy atom. The van der Waals surface area contributed by atoms with E-state index in [1.807, 2.05) is 0 Å². The molecule has 0 N–H and O–H groups in total. The molecule has 2 aromatic carbocycles. The van der Waals surface area contributed by atoms with Gasteiger partial charge in [-0.3, -0.25) is 0 Å². The van der Waals surface area contributed by atoms with Crippen molar-refractivity contribution in [2.75, 3.05) is 13.2 Å². The molecule has 4 nitrogen and oxygen atoms in total. The highest BCUT2D eigenvalue weighted by Crippen LogP contribution is 2.44. The molecular formula is C49H76O4Si3. The van der Waals surface area contributed by atoms with Gasteiger partial charge in [0, 0.05) is 19.6 Å². The van der Waals surface area contributed by atoms with Crippen LogP contribution >= 0.6 is 0 Å². The quantitative estimate of drug-likeness (QED) is 0.0732. The molecule has 0 radical (unpaired) electrons. The number of ether oxygens (including phenoxy) is 2. The molecule has 0 saturated carbocycles. The van der Waals surface area contributed by atoms with Crippen molar-refractivity contribution >= 4 is 35.1 Å². The minimum absolute atomic E-state index is 0.0630. The highest BCUT2D eigenvalue weighted by atomic mass is 28.4. The molecule has 2 unspecified atom stereocenters. The number of rotatable bonds is 16. The fourth-order valence-electron chi connectivity index (χ4n) is 9.38. The Bertz CT molecular complexity index is 1640. The van der Waals surface area contributed by atoms with Gasteiger partial charge in [0.2, 0.25) is 0 Å². The molecule has 2 aliphatic rings. The van der Waals surface area contributed by atoms with E-state index in [4.69, 9.17) is 18.3 Å². The molecular weight excluding hydrogens is 737 g/mol. The lowest BCUT2D eigenvalue weighted by Crippen LogP contribution is -2.66. The van der Waals surface area contributed by atoms with Gasteiger partial charge in [0.25, 0.3) is 8.32 Å². The minimum Gasteiger partial charge on any atom is -0.416 e. The highest BCUT2D eigenvalue weighted by molar-refractivity contribution is 6.99. The van der Waals surface area contributed by atoms with Crippen LogP contribution in [0.4, 0.5) is 0 Å². The second kappa shape index (κ2) is 19.6. The topological polar surface area (TPSA) is 36.9 Å². The van der Waals surface area contributed by atoms with Crippen molar-refractivity contribution in [3.63, 3.8) is 0 Å². The van der Waals surface area contributed by atoms with E-state index < -0.39 is 31.0 Å². The van der Waals surface area contributed by atoms with Crippen LogP contribution in [-0.4, -0.2) is 56.4 Å². The van der Waals surface area contributed by atoms with Crippen LogP contribution in [0.1, 0.15) is 102 Å². The van der Waals surface area contributed by atoms with Gasteiger partial charge in [-0.15, -0.1) is 11.5 Å². The molecule has 4 rings (SSSR count). The van der Waals surface area contributed by atoms with Crippen LogP contribution in [-0.2, 0) is 18.3 Å². The Hall–Kier alpha value is -2.29. The van der Waals surface area contributed by atoms with Gasteiger partial charge in [0.1, 0.15) is 20.3 Å². The Kier molecular flexibility index (Phi) is 16.3. The van der Waals surface area contributed by atoms with Crippen molar-refractivity contribution in [3.8, 4) is 11.5 Å². The fraction of sp³-hybridized carbons (Fsp3) is 0.592. The maximum atomic E-state index is 7.20. The van der Waals surface area contributed by atoms with Crippen molar-refractivity contribution < 1.29 is 18.3 Å². The van der Waals surface area contributed by atoms with Gasteiger partial charge in [0.15, 0.2) is 14.6 Å². The van der Waals surface area contributed by atoms with Crippen LogP contribution in [0.5, 0.6) is 0 Å². The Morgan fingerprint density at radius 1 is 0.839 bits per heavy atom. The first-order chi connectivity index (χ1) is 26.2. The smallest absolute Gasteiger partial charge is 0.261 e. The lowest BCUT2D eigenvalue weighted by molar-refractivity contribution is -0.0333. The summed E-state index contributed by atoms with van der Waals surface area (Å²) in [5.41, 5.74) is 8.96. The first-order valence-electron chi connectivity index (χ1n) is 21.5. The maximum absolute atomic E-state index is 7.20. The van der Waals surface area contributed by atoms with E-state index in [0.717, 1.165) is 25.0 Å². The standard InChI is InChI=1S/C49H76O4Si3/c1-36(2)55(37(3)4,38(5)6)51-35-41(9)42-31-30-39(7)45(34-42)47-46(29-23-33-54(13,14)15)52-48(53-47)40(8)24-22-32-50-56(49(10,11)12,43-25-18-16-19-26-43)44-27-20-17-21-28-44/h16-21,24-28,30,34,36-38,41-42,46-48H,22,29,31-32,35H2,1-15H3/b40-24-/t41-,42+,46-,47?,48?/m1/s1. The molecule has 0 amide bonds. The molecule has 1 aliphatic carbocycles. The molecule has 1 heterocycles. The molecule has 56 heavy (non-hydrogen) atoms. The number of allylic oxidation sites excluding steroid dienone is 2. The van der Waals surface area contributed by atoms with Crippen LogP contribution < -0.4 is 10.4 Å². The van der Waals surface area contributed by atoms with Crippen molar-refractivity contribution in [1.82, 2.24) is 0 Å². The molecule has 0 spiro atoms. The Balaban J connectivity index is 1.56. The fourth-order valence-corrected chi connectivity index (χ4v) is 20.1. The summed E-state index contributed by atoms with van der Waals surface area (Å²) in [6.07, 6.45) is 8.92. The summed E-state index contributed by atoms with van der Waals surface area (Å²) < 4.78 is 28.1. The molecule has 1 saturated heterocycles. The predicted molar refractivity (Wildman–Crippen MR) is 247 cm³/mol. The van der Waals surface area contributed by atoms with Crippen molar-refractivity contribution in [2.24, 2.45) is 11.8 Å². The number of hydrogen-bond donors (Lipinski definition) is 0. The van der Waals surface area contributed by atoms with Gasteiger partial charge in [-0.05, 0) is 87.3 Å². The summed E-state index contributed by atoms with van der Waals surface area (Å²) >= 11 is 0. The summed E-state index contributed by atoms with van der Waals surface area (Å²) in [5.74, 6) is 4.33. The van der Waals surface area contributed by atoms with Gasteiger partial charge in [-0.25, -0.2) is 0 Å². The predicted octanol–water partition coefficient (Wildman–Crippen LogP) is 12.0. The summed E-state index contributed by atoms with van der Waals surface area (Å²) in [7, 11) is -6.09. The van der Waals surface area contributed by atoms with Crippen molar-refractivity contribution in [2.45, 2.75) is 162 Å². The number of benzene rings is 2.